The number of rotatable bonds is 10. The Bertz CT molecular complexity index is 1250. The van der Waals surface area contributed by atoms with Gasteiger partial charge in [0.25, 0.3) is 0 Å². The van der Waals surface area contributed by atoms with Crippen molar-refractivity contribution in [3.63, 3.8) is 0 Å². The minimum Gasteiger partial charge on any atom is -0.461 e. The summed E-state index contributed by atoms with van der Waals surface area (Å²) in [6.45, 7) is 2.83. The van der Waals surface area contributed by atoms with Crippen molar-refractivity contribution in [1.82, 2.24) is 25.3 Å². The Morgan fingerprint density at radius 2 is 2.00 bits per heavy atom. The van der Waals surface area contributed by atoms with E-state index in [4.69, 9.17) is 24.2 Å². The topological polar surface area (TPSA) is 144 Å². The molecule has 2 N–H and O–H groups in total. The first-order valence-electron chi connectivity index (χ1n) is 11.6. The predicted octanol–water partition coefficient (Wildman–Crippen LogP) is 2.78. The van der Waals surface area contributed by atoms with E-state index in [2.05, 4.69) is 25.3 Å². The molecule has 3 aromatic rings. The number of halogens is 1. The van der Waals surface area contributed by atoms with E-state index in [9.17, 15) is 9.18 Å². The number of nitriles is 1. The summed E-state index contributed by atoms with van der Waals surface area (Å²) in [6, 6.07) is 9.76. The maximum Gasteiger partial charge on any atom is 0.317 e. The lowest BCUT2D eigenvalue weighted by Crippen LogP contribution is -2.48. The molecule has 0 spiro atoms. The van der Waals surface area contributed by atoms with Crippen molar-refractivity contribution in [2.45, 2.75) is 19.6 Å². The Hall–Kier alpha value is -3.92. The smallest absolute Gasteiger partial charge is 0.317 e. The van der Waals surface area contributed by atoms with Crippen LogP contribution < -0.4 is 10.1 Å². The third-order valence-corrected chi connectivity index (χ3v) is 5.65. The van der Waals surface area contributed by atoms with E-state index < -0.39 is 11.7 Å². The molecule has 4 rings (SSSR count). The minimum absolute atomic E-state index is 0.0863. The van der Waals surface area contributed by atoms with E-state index in [1.807, 2.05) is 6.07 Å². The zero-order valence-corrected chi connectivity index (χ0v) is 20.5. The van der Waals surface area contributed by atoms with Gasteiger partial charge in [-0.1, -0.05) is 0 Å². The molecule has 0 radical (unpaired) electrons. The first-order chi connectivity index (χ1) is 17.9. The molecule has 0 unspecified atom stereocenters. The summed E-state index contributed by atoms with van der Waals surface area (Å²) < 4.78 is 35.9. The van der Waals surface area contributed by atoms with Crippen molar-refractivity contribution in [2.75, 3.05) is 40.1 Å². The molecule has 12 heteroatoms. The Morgan fingerprint density at radius 3 is 2.70 bits per heavy atom. The second kappa shape index (κ2) is 11.9. The molecule has 1 aliphatic heterocycles. The molecule has 3 heterocycles. The van der Waals surface area contributed by atoms with Crippen molar-refractivity contribution >= 4 is 5.91 Å². The van der Waals surface area contributed by atoms with Gasteiger partial charge < -0.3 is 29.2 Å². The lowest BCUT2D eigenvalue weighted by Gasteiger charge is -2.35. The predicted molar refractivity (Wildman–Crippen MR) is 128 cm³/mol. The van der Waals surface area contributed by atoms with Crippen LogP contribution in [-0.2, 0) is 19.0 Å². The van der Waals surface area contributed by atoms with Crippen molar-refractivity contribution in [3.8, 4) is 34.7 Å². The summed E-state index contributed by atoms with van der Waals surface area (Å²) >= 11 is 0. The van der Waals surface area contributed by atoms with Gasteiger partial charge in [-0.05, 0) is 37.3 Å². The van der Waals surface area contributed by atoms with Crippen LogP contribution >= 0.6 is 0 Å². The maximum atomic E-state index is 13.6. The number of aromatic amines is 1. The number of methoxy groups -OCH3 is 1. The number of carbonyl (C=O) groups excluding carboxylic acids is 1. The highest BCUT2D eigenvalue weighted by molar-refractivity contribution is 5.82. The van der Waals surface area contributed by atoms with E-state index in [1.54, 1.807) is 38.4 Å². The van der Waals surface area contributed by atoms with Gasteiger partial charge in [0, 0.05) is 25.4 Å². The summed E-state index contributed by atoms with van der Waals surface area (Å²) in [5.74, 6) is -0.264. The number of ether oxygens (including phenoxy) is 4. The molecule has 1 aliphatic rings. The normalized spacial score (nSPS) is 19.2. The number of carbonyl (C=O) groups is 1. The molecule has 0 atom stereocenters. The van der Waals surface area contributed by atoms with Crippen LogP contribution in [0.2, 0.25) is 0 Å². The summed E-state index contributed by atoms with van der Waals surface area (Å²) in [5.41, 5.74) is 1.28. The van der Waals surface area contributed by atoms with Crippen molar-refractivity contribution in [1.29, 1.82) is 5.26 Å². The number of aromatic nitrogens is 4. The van der Waals surface area contributed by atoms with Crippen LogP contribution in [0.3, 0.4) is 0 Å². The van der Waals surface area contributed by atoms with Gasteiger partial charge in [-0.25, -0.2) is 14.4 Å². The average Bonchev–Trinajstić information content (AvgIpc) is 3.35. The molecule has 1 amide bonds. The number of hydrogen-bond acceptors (Lipinski definition) is 9. The molecule has 0 aliphatic carbocycles. The highest BCUT2D eigenvalue weighted by atomic mass is 19.1. The number of nitrogens with one attached hydrogen (secondary N) is 2. The van der Waals surface area contributed by atoms with Crippen LogP contribution in [0.4, 0.5) is 4.39 Å². The fourth-order valence-electron chi connectivity index (χ4n) is 3.61. The molecular formula is C25H27FN6O5. The summed E-state index contributed by atoms with van der Waals surface area (Å²) in [5, 5.41) is 11.4. The van der Waals surface area contributed by atoms with E-state index in [-0.39, 0.29) is 50.5 Å². The Kier molecular flexibility index (Phi) is 8.39. The molecule has 1 saturated heterocycles. The zero-order valence-electron chi connectivity index (χ0n) is 20.5. The lowest BCUT2D eigenvalue weighted by molar-refractivity contribution is -0.231. The van der Waals surface area contributed by atoms with Crippen LogP contribution in [0.1, 0.15) is 25.5 Å². The van der Waals surface area contributed by atoms with Crippen molar-refractivity contribution in [3.05, 3.63) is 48.2 Å². The third kappa shape index (κ3) is 6.26. The van der Waals surface area contributed by atoms with Gasteiger partial charge in [0.2, 0.25) is 12.2 Å². The first-order valence-corrected chi connectivity index (χ1v) is 11.6. The maximum absolute atomic E-state index is 13.6. The summed E-state index contributed by atoms with van der Waals surface area (Å²) in [6.07, 6.45) is 0.909. The average molecular weight is 511 g/mol. The van der Waals surface area contributed by atoms with E-state index in [1.165, 1.54) is 12.1 Å². The molecule has 11 nitrogen and oxygen atoms in total. The standard InChI is InChI=1S/C25H27FN6O5/c1-25(23(33)28-10-3-9-27)14-36-22(37-15-25)21-31-19(16-4-6-17(26)7-5-16)20(32-21)18-8-11-29-24(30-18)35-13-12-34-2/h4-8,11,22H,3,10,12-15H2,1-2H3,(H,28,33)(H,31,32). The third-order valence-electron chi connectivity index (χ3n) is 5.65. The lowest BCUT2D eigenvalue weighted by atomic mass is 9.91. The molecular weight excluding hydrogens is 483 g/mol. The fourth-order valence-corrected chi connectivity index (χ4v) is 3.61. The second-order valence-electron chi connectivity index (χ2n) is 8.60. The van der Waals surface area contributed by atoms with Gasteiger partial charge in [-0.15, -0.1) is 0 Å². The largest absolute Gasteiger partial charge is 0.461 e. The molecule has 2 aromatic heterocycles. The monoisotopic (exact) mass is 510 g/mol. The SMILES string of the molecule is COCCOc1nccc(-c2[nH]c(C3OCC(C)(C(=O)NCCC#N)CO3)nc2-c2ccc(F)cc2)n1. The van der Waals surface area contributed by atoms with Crippen LogP contribution in [0.5, 0.6) is 6.01 Å². The van der Waals surface area contributed by atoms with Gasteiger partial charge in [0.1, 0.15) is 12.4 Å². The molecule has 1 fully saturated rings. The number of benzene rings is 1. The Balaban J connectivity index is 1.59. The molecule has 0 saturated carbocycles. The van der Waals surface area contributed by atoms with Crippen LogP contribution in [0, 0.1) is 22.6 Å². The number of imidazole rings is 1. The zero-order chi connectivity index (χ0) is 26.3. The van der Waals surface area contributed by atoms with Crippen molar-refractivity contribution < 1.29 is 28.1 Å². The fraction of sp³-hybridized carbons (Fsp3) is 0.400. The highest BCUT2D eigenvalue weighted by Crippen LogP contribution is 2.35. The van der Waals surface area contributed by atoms with Crippen LogP contribution in [0.15, 0.2) is 36.5 Å². The Morgan fingerprint density at radius 1 is 1.24 bits per heavy atom. The van der Waals surface area contributed by atoms with Gasteiger partial charge in [-0.2, -0.15) is 10.2 Å². The second-order valence-corrected chi connectivity index (χ2v) is 8.60. The quantitative estimate of drug-likeness (QED) is 0.393. The van der Waals surface area contributed by atoms with Gasteiger partial charge >= 0.3 is 6.01 Å². The first kappa shape index (κ1) is 26.2. The Labute approximate surface area is 213 Å². The minimum atomic E-state index is -0.914. The van der Waals surface area contributed by atoms with Crippen molar-refractivity contribution in [2.24, 2.45) is 5.41 Å². The molecule has 0 bridgehead atoms. The molecule has 37 heavy (non-hydrogen) atoms. The van der Waals surface area contributed by atoms with E-state index in [0.29, 0.717) is 35.1 Å². The summed E-state index contributed by atoms with van der Waals surface area (Å²) in [7, 11) is 1.57. The molecule has 1 aromatic carbocycles. The number of H-pyrrole nitrogens is 1. The van der Waals surface area contributed by atoms with Crippen LogP contribution in [0.25, 0.3) is 22.6 Å². The van der Waals surface area contributed by atoms with Gasteiger partial charge in [-0.3, -0.25) is 4.79 Å². The number of nitrogens with zero attached hydrogens (tertiary/aromatic N) is 4. The van der Waals surface area contributed by atoms with Crippen LogP contribution in [-0.4, -0.2) is 65.9 Å². The highest BCUT2D eigenvalue weighted by Gasteiger charge is 2.40. The number of amides is 1. The van der Waals surface area contributed by atoms with E-state index in [0.717, 1.165) is 0 Å². The van der Waals surface area contributed by atoms with Gasteiger partial charge in [0.15, 0.2) is 5.82 Å². The molecule has 194 valence electrons. The van der Waals surface area contributed by atoms with Gasteiger partial charge in [0.05, 0.1) is 54.8 Å². The number of hydrogen-bond donors (Lipinski definition) is 2. The van der Waals surface area contributed by atoms with E-state index >= 15 is 0 Å². The summed E-state index contributed by atoms with van der Waals surface area (Å²) in [4.78, 5) is 29.0.